The molecule has 1 amide bonds. The standard InChI is InChI=1S/C12H18N4O2/c1-15(2)11(17)5-6-16-12(18)7-10(8-13-16)14-9-3-4-9/h7-9,14H,3-6H2,1-2H3. The van der Waals surface area contributed by atoms with Crippen LogP contribution < -0.4 is 10.9 Å². The molecule has 18 heavy (non-hydrogen) atoms. The largest absolute Gasteiger partial charge is 0.381 e. The van der Waals surface area contributed by atoms with Gasteiger partial charge in [-0.05, 0) is 12.8 Å². The maximum absolute atomic E-state index is 11.8. The van der Waals surface area contributed by atoms with Gasteiger partial charge in [-0.3, -0.25) is 9.59 Å². The highest BCUT2D eigenvalue weighted by Gasteiger charge is 2.21. The summed E-state index contributed by atoms with van der Waals surface area (Å²) in [6.45, 7) is 0.319. The van der Waals surface area contributed by atoms with Crippen molar-refractivity contribution in [1.29, 1.82) is 0 Å². The van der Waals surface area contributed by atoms with Gasteiger partial charge in [0.1, 0.15) is 0 Å². The van der Waals surface area contributed by atoms with E-state index < -0.39 is 0 Å². The molecule has 0 spiro atoms. The average Bonchev–Trinajstić information content (AvgIpc) is 3.11. The number of amides is 1. The lowest BCUT2D eigenvalue weighted by molar-refractivity contribution is -0.128. The molecule has 2 rings (SSSR count). The summed E-state index contributed by atoms with van der Waals surface area (Å²) < 4.78 is 1.32. The monoisotopic (exact) mass is 250 g/mol. The second kappa shape index (κ2) is 5.20. The second-order valence-corrected chi connectivity index (χ2v) is 4.76. The van der Waals surface area contributed by atoms with Gasteiger partial charge >= 0.3 is 0 Å². The van der Waals surface area contributed by atoms with Gasteiger partial charge in [0.15, 0.2) is 0 Å². The molecule has 0 aromatic carbocycles. The Bertz CT molecular complexity index is 491. The summed E-state index contributed by atoms with van der Waals surface area (Å²) in [6, 6.07) is 2.03. The molecule has 6 nitrogen and oxygen atoms in total. The van der Waals surface area contributed by atoms with Gasteiger partial charge in [-0.15, -0.1) is 0 Å². The Balaban J connectivity index is 1.96. The number of carbonyl (C=O) groups excluding carboxylic acids is 1. The molecule has 1 aromatic heterocycles. The van der Waals surface area contributed by atoms with E-state index in [-0.39, 0.29) is 17.9 Å². The third-order valence-corrected chi connectivity index (χ3v) is 2.85. The van der Waals surface area contributed by atoms with Crippen LogP contribution in [0.15, 0.2) is 17.1 Å². The molecule has 1 N–H and O–H groups in total. The van der Waals surface area contributed by atoms with Crippen LogP contribution in [0.4, 0.5) is 5.69 Å². The lowest BCUT2D eigenvalue weighted by Crippen LogP contribution is -2.28. The van der Waals surface area contributed by atoms with Gasteiger partial charge in [0.25, 0.3) is 5.56 Å². The van der Waals surface area contributed by atoms with Gasteiger partial charge < -0.3 is 10.2 Å². The van der Waals surface area contributed by atoms with Gasteiger partial charge in [-0.1, -0.05) is 0 Å². The fraction of sp³-hybridized carbons (Fsp3) is 0.583. The molecule has 1 fully saturated rings. The van der Waals surface area contributed by atoms with Crippen molar-refractivity contribution in [3.63, 3.8) is 0 Å². The fourth-order valence-corrected chi connectivity index (χ4v) is 1.57. The first kappa shape index (κ1) is 12.6. The Hall–Kier alpha value is -1.85. The second-order valence-electron chi connectivity index (χ2n) is 4.76. The third-order valence-electron chi connectivity index (χ3n) is 2.85. The summed E-state index contributed by atoms with van der Waals surface area (Å²) in [5.41, 5.74) is 0.588. The summed E-state index contributed by atoms with van der Waals surface area (Å²) in [4.78, 5) is 24.7. The van der Waals surface area contributed by atoms with Crippen molar-refractivity contribution in [3.8, 4) is 0 Å². The van der Waals surface area contributed by atoms with Crippen molar-refractivity contribution in [3.05, 3.63) is 22.6 Å². The van der Waals surface area contributed by atoms with E-state index >= 15 is 0 Å². The van der Waals surface area contributed by atoms with E-state index in [1.165, 1.54) is 15.6 Å². The van der Waals surface area contributed by atoms with Crippen molar-refractivity contribution in [2.75, 3.05) is 19.4 Å². The van der Waals surface area contributed by atoms with Gasteiger partial charge in [-0.25, -0.2) is 4.68 Å². The number of nitrogens with zero attached hydrogens (tertiary/aromatic N) is 3. The van der Waals surface area contributed by atoms with Crippen LogP contribution in [0.3, 0.4) is 0 Å². The highest BCUT2D eigenvalue weighted by atomic mass is 16.2. The number of anilines is 1. The van der Waals surface area contributed by atoms with E-state index in [2.05, 4.69) is 10.4 Å². The molecule has 0 aliphatic heterocycles. The molecule has 1 heterocycles. The van der Waals surface area contributed by atoms with E-state index in [9.17, 15) is 9.59 Å². The number of aromatic nitrogens is 2. The predicted octanol–water partition coefficient (Wildman–Crippen LogP) is 0.296. The molecule has 1 aliphatic carbocycles. The molecule has 6 heteroatoms. The first-order chi connectivity index (χ1) is 8.56. The normalized spacial score (nSPS) is 14.3. The Kier molecular flexibility index (Phi) is 3.64. The van der Waals surface area contributed by atoms with Crippen molar-refractivity contribution < 1.29 is 4.79 Å². The average molecular weight is 250 g/mol. The quantitative estimate of drug-likeness (QED) is 0.816. The van der Waals surface area contributed by atoms with Crippen LogP contribution in [0.1, 0.15) is 19.3 Å². The Labute approximate surface area is 106 Å². The zero-order chi connectivity index (χ0) is 13.1. The van der Waals surface area contributed by atoms with Crippen molar-refractivity contribution in [2.45, 2.75) is 31.8 Å². The van der Waals surface area contributed by atoms with Gasteiger partial charge in [0, 0.05) is 32.6 Å². The highest BCUT2D eigenvalue weighted by molar-refractivity contribution is 5.75. The Morgan fingerprint density at radius 3 is 2.83 bits per heavy atom. The predicted molar refractivity (Wildman–Crippen MR) is 68.5 cm³/mol. The number of hydrogen-bond acceptors (Lipinski definition) is 4. The minimum Gasteiger partial charge on any atom is -0.381 e. The first-order valence-corrected chi connectivity index (χ1v) is 6.10. The van der Waals surface area contributed by atoms with E-state index in [4.69, 9.17) is 0 Å². The molecule has 0 bridgehead atoms. The third kappa shape index (κ3) is 3.32. The number of rotatable bonds is 5. The zero-order valence-electron chi connectivity index (χ0n) is 10.7. The van der Waals surface area contributed by atoms with Crippen LogP contribution >= 0.6 is 0 Å². The summed E-state index contributed by atoms with van der Waals surface area (Å²) in [6.07, 6.45) is 4.23. The smallest absolute Gasteiger partial charge is 0.268 e. The summed E-state index contributed by atoms with van der Waals surface area (Å²) >= 11 is 0. The molecular formula is C12H18N4O2. The molecule has 0 atom stereocenters. The topological polar surface area (TPSA) is 67.2 Å². The van der Waals surface area contributed by atoms with Crippen molar-refractivity contribution in [1.82, 2.24) is 14.7 Å². The van der Waals surface area contributed by atoms with Crippen LogP contribution in [0, 0.1) is 0 Å². The fourth-order valence-electron chi connectivity index (χ4n) is 1.57. The number of aryl methyl sites for hydroxylation is 1. The van der Waals surface area contributed by atoms with Crippen LogP contribution in [0.25, 0.3) is 0 Å². The lowest BCUT2D eigenvalue weighted by atomic mass is 10.3. The maximum Gasteiger partial charge on any atom is 0.268 e. The molecule has 98 valence electrons. The van der Waals surface area contributed by atoms with E-state index in [0.29, 0.717) is 12.6 Å². The summed E-state index contributed by atoms with van der Waals surface area (Å²) in [5.74, 6) is -0.0103. The van der Waals surface area contributed by atoms with Gasteiger partial charge in [-0.2, -0.15) is 5.10 Å². The summed E-state index contributed by atoms with van der Waals surface area (Å²) in [5, 5.41) is 7.28. The van der Waals surface area contributed by atoms with Crippen LogP contribution in [0.5, 0.6) is 0 Å². The molecule has 1 aromatic rings. The highest BCUT2D eigenvalue weighted by Crippen LogP contribution is 2.23. The van der Waals surface area contributed by atoms with E-state index in [1.807, 2.05) is 0 Å². The maximum atomic E-state index is 11.8. The van der Waals surface area contributed by atoms with Gasteiger partial charge in [0.2, 0.25) is 5.91 Å². The zero-order valence-corrected chi connectivity index (χ0v) is 10.7. The Morgan fingerprint density at radius 1 is 1.56 bits per heavy atom. The summed E-state index contributed by atoms with van der Waals surface area (Å²) in [7, 11) is 3.39. The molecule has 0 saturated heterocycles. The minimum atomic E-state index is -0.174. The van der Waals surface area contributed by atoms with Crippen LogP contribution in [-0.4, -0.2) is 40.7 Å². The Morgan fingerprint density at radius 2 is 2.28 bits per heavy atom. The van der Waals surface area contributed by atoms with Crippen molar-refractivity contribution >= 4 is 11.6 Å². The first-order valence-electron chi connectivity index (χ1n) is 6.10. The minimum absolute atomic E-state index is 0.0103. The molecule has 1 aliphatic rings. The van der Waals surface area contributed by atoms with Crippen molar-refractivity contribution in [2.24, 2.45) is 0 Å². The molecule has 0 unspecified atom stereocenters. The molecule has 0 radical (unpaired) electrons. The van der Waals surface area contributed by atoms with Gasteiger partial charge in [0.05, 0.1) is 18.4 Å². The van der Waals surface area contributed by atoms with E-state index in [0.717, 1.165) is 18.5 Å². The number of carbonyl (C=O) groups is 1. The molecule has 1 saturated carbocycles. The number of hydrogen-bond donors (Lipinski definition) is 1. The number of nitrogens with one attached hydrogen (secondary N) is 1. The van der Waals surface area contributed by atoms with E-state index in [1.54, 1.807) is 20.3 Å². The molecular weight excluding hydrogens is 232 g/mol. The van der Waals surface area contributed by atoms with Crippen LogP contribution in [-0.2, 0) is 11.3 Å². The SMILES string of the molecule is CN(C)C(=O)CCn1ncc(NC2CC2)cc1=O. The van der Waals surface area contributed by atoms with Crippen LogP contribution in [0.2, 0.25) is 0 Å². The lowest BCUT2D eigenvalue weighted by Gasteiger charge is -2.10.